The molecule has 2 rings (SSSR count). The fourth-order valence-corrected chi connectivity index (χ4v) is 1.76. The second kappa shape index (κ2) is 8.12. The molecule has 0 saturated heterocycles. The highest BCUT2D eigenvalue weighted by molar-refractivity contribution is 6.21. The fourth-order valence-electron chi connectivity index (χ4n) is 1.76. The van der Waals surface area contributed by atoms with Gasteiger partial charge in [-0.25, -0.2) is 0 Å². The number of carbonyl (C=O) groups is 2. The van der Waals surface area contributed by atoms with Crippen LogP contribution in [0.3, 0.4) is 0 Å². The summed E-state index contributed by atoms with van der Waals surface area (Å²) in [5.41, 5.74) is 1.65. The van der Waals surface area contributed by atoms with Gasteiger partial charge in [0.2, 0.25) is 0 Å². The first-order valence-corrected chi connectivity index (χ1v) is 6.28. The molecule has 1 aliphatic heterocycles. The molecule has 1 amide bonds. The predicted octanol–water partition coefficient (Wildman–Crippen LogP) is 1.69. The minimum Gasteiger partial charge on any atom is -0.468 e. The van der Waals surface area contributed by atoms with Crippen molar-refractivity contribution in [3.05, 3.63) is 42.0 Å². The first-order valence-electron chi connectivity index (χ1n) is 6.28. The van der Waals surface area contributed by atoms with E-state index in [1.54, 1.807) is 26.0 Å². The molecule has 5 heteroatoms. The average molecular weight is 277 g/mol. The van der Waals surface area contributed by atoms with Crippen molar-refractivity contribution in [1.29, 1.82) is 0 Å². The summed E-state index contributed by atoms with van der Waals surface area (Å²) in [7, 11) is 3.34. The van der Waals surface area contributed by atoms with Crippen molar-refractivity contribution in [2.75, 3.05) is 20.8 Å². The van der Waals surface area contributed by atoms with Crippen LogP contribution >= 0.6 is 0 Å². The first-order chi connectivity index (χ1) is 9.65. The number of likely N-dealkylation sites (N-methyl/N-ethyl adjacent to an activating group) is 1. The minimum absolute atomic E-state index is 0.00745. The Morgan fingerprint density at radius 1 is 1.30 bits per heavy atom. The molecule has 0 radical (unpaired) electrons. The molecule has 0 N–H and O–H groups in total. The van der Waals surface area contributed by atoms with Crippen LogP contribution < -0.4 is 0 Å². The highest BCUT2D eigenvalue weighted by Crippen LogP contribution is 2.25. The third-order valence-electron chi connectivity index (χ3n) is 2.80. The Kier molecular flexibility index (Phi) is 6.46. The van der Waals surface area contributed by atoms with Gasteiger partial charge in [0.25, 0.3) is 12.4 Å². The van der Waals surface area contributed by atoms with Crippen LogP contribution in [0, 0.1) is 0 Å². The molecule has 0 bridgehead atoms. The van der Waals surface area contributed by atoms with Crippen LogP contribution in [0.4, 0.5) is 0 Å². The third kappa shape index (κ3) is 3.93. The van der Waals surface area contributed by atoms with Crippen LogP contribution in [0.2, 0.25) is 0 Å². The molecule has 1 aromatic rings. The van der Waals surface area contributed by atoms with Crippen molar-refractivity contribution in [3.8, 4) is 0 Å². The van der Waals surface area contributed by atoms with E-state index in [4.69, 9.17) is 4.74 Å². The number of hydrogen-bond donors (Lipinski definition) is 0. The van der Waals surface area contributed by atoms with Crippen molar-refractivity contribution in [1.82, 2.24) is 4.90 Å². The summed E-state index contributed by atoms with van der Waals surface area (Å²) in [6.07, 6.45) is 1.60. The molecule has 1 heterocycles. The van der Waals surface area contributed by atoms with Crippen molar-refractivity contribution >= 4 is 18.0 Å². The van der Waals surface area contributed by atoms with Crippen molar-refractivity contribution in [2.45, 2.75) is 13.2 Å². The average Bonchev–Trinajstić information content (AvgIpc) is 2.77. The maximum atomic E-state index is 11.9. The van der Waals surface area contributed by atoms with E-state index in [1.807, 2.05) is 36.4 Å². The Morgan fingerprint density at radius 2 is 1.95 bits per heavy atom. The molecule has 0 spiro atoms. The van der Waals surface area contributed by atoms with E-state index < -0.39 is 0 Å². The molecule has 108 valence electrons. The first kappa shape index (κ1) is 15.9. The van der Waals surface area contributed by atoms with Crippen LogP contribution in [0.5, 0.6) is 0 Å². The van der Waals surface area contributed by atoms with Gasteiger partial charge in [0.05, 0.1) is 6.61 Å². The number of ether oxygens (including phenoxy) is 2. The van der Waals surface area contributed by atoms with Crippen molar-refractivity contribution in [2.24, 2.45) is 0 Å². The molecular weight excluding hydrogens is 258 g/mol. The lowest BCUT2D eigenvalue weighted by Gasteiger charge is -2.17. The van der Waals surface area contributed by atoms with Gasteiger partial charge in [0.15, 0.2) is 6.23 Å². The Hall–Kier alpha value is -2.14. The van der Waals surface area contributed by atoms with E-state index in [0.29, 0.717) is 18.7 Å². The number of rotatable bonds is 4. The summed E-state index contributed by atoms with van der Waals surface area (Å²) < 4.78 is 9.33. The standard InChI is InChI=1S/C12H13NO2.C3H6O2/c1-13-11(15-2)8-10(12(13)14)9-6-4-3-5-7-9;1-2-5-3-4/h3-8,11H,1-2H3;3H,2H2,1H3. The Labute approximate surface area is 118 Å². The minimum atomic E-state index is -0.243. The number of methoxy groups -OCH3 is 1. The summed E-state index contributed by atoms with van der Waals surface area (Å²) in [6, 6.07) is 9.62. The second-order valence-corrected chi connectivity index (χ2v) is 4.04. The highest BCUT2D eigenvalue weighted by Gasteiger charge is 2.29. The number of amides is 1. The van der Waals surface area contributed by atoms with E-state index in [-0.39, 0.29) is 12.1 Å². The second-order valence-electron chi connectivity index (χ2n) is 4.04. The summed E-state index contributed by atoms with van der Waals surface area (Å²) in [4.78, 5) is 22.6. The Morgan fingerprint density at radius 3 is 2.35 bits per heavy atom. The lowest BCUT2D eigenvalue weighted by atomic mass is 10.1. The quantitative estimate of drug-likeness (QED) is 0.786. The number of benzene rings is 1. The summed E-state index contributed by atoms with van der Waals surface area (Å²) in [6.45, 7) is 2.66. The number of hydrogen-bond acceptors (Lipinski definition) is 4. The molecular formula is C15H19NO4. The molecule has 0 fully saturated rings. The lowest BCUT2D eigenvalue weighted by Crippen LogP contribution is -2.31. The molecule has 5 nitrogen and oxygen atoms in total. The van der Waals surface area contributed by atoms with E-state index in [0.717, 1.165) is 5.56 Å². The largest absolute Gasteiger partial charge is 0.468 e. The molecule has 1 atom stereocenters. The molecule has 0 aliphatic carbocycles. The molecule has 1 aliphatic rings. The van der Waals surface area contributed by atoms with Crippen LogP contribution in [0.15, 0.2) is 36.4 Å². The molecule has 20 heavy (non-hydrogen) atoms. The predicted molar refractivity (Wildman–Crippen MR) is 75.7 cm³/mol. The van der Waals surface area contributed by atoms with Crippen LogP contribution in [0.25, 0.3) is 5.57 Å². The number of carbonyl (C=O) groups excluding carboxylic acids is 2. The monoisotopic (exact) mass is 277 g/mol. The molecule has 0 aromatic heterocycles. The summed E-state index contributed by atoms with van der Waals surface area (Å²) in [5, 5.41) is 0. The summed E-state index contributed by atoms with van der Waals surface area (Å²) in [5.74, 6) is 0.00745. The fraction of sp³-hybridized carbons (Fsp3) is 0.333. The van der Waals surface area contributed by atoms with Crippen LogP contribution in [-0.4, -0.2) is 44.3 Å². The number of nitrogens with zero attached hydrogens (tertiary/aromatic N) is 1. The topological polar surface area (TPSA) is 55.8 Å². The third-order valence-corrected chi connectivity index (χ3v) is 2.80. The van der Waals surface area contributed by atoms with Gasteiger partial charge in [-0.2, -0.15) is 0 Å². The van der Waals surface area contributed by atoms with Gasteiger partial charge in [-0.1, -0.05) is 30.3 Å². The molecule has 0 saturated carbocycles. The molecule has 1 aromatic carbocycles. The zero-order valence-electron chi connectivity index (χ0n) is 11.9. The van der Waals surface area contributed by atoms with E-state index in [9.17, 15) is 9.59 Å². The van der Waals surface area contributed by atoms with Gasteiger partial charge in [-0.15, -0.1) is 0 Å². The van der Waals surface area contributed by atoms with Crippen LogP contribution in [-0.2, 0) is 19.1 Å². The van der Waals surface area contributed by atoms with E-state index in [2.05, 4.69) is 4.74 Å². The highest BCUT2D eigenvalue weighted by atomic mass is 16.5. The Bertz CT molecular complexity index is 470. The van der Waals surface area contributed by atoms with Gasteiger partial charge >= 0.3 is 0 Å². The van der Waals surface area contributed by atoms with Gasteiger partial charge in [0.1, 0.15) is 0 Å². The zero-order valence-corrected chi connectivity index (χ0v) is 11.9. The van der Waals surface area contributed by atoms with E-state index >= 15 is 0 Å². The normalized spacial score (nSPS) is 17.1. The summed E-state index contributed by atoms with van der Waals surface area (Å²) >= 11 is 0. The molecule has 1 unspecified atom stereocenters. The van der Waals surface area contributed by atoms with Crippen LogP contribution in [0.1, 0.15) is 12.5 Å². The van der Waals surface area contributed by atoms with Gasteiger partial charge in [0, 0.05) is 19.7 Å². The zero-order chi connectivity index (χ0) is 15.0. The lowest BCUT2D eigenvalue weighted by molar-refractivity contribution is -0.129. The Balaban J connectivity index is 0.000000347. The van der Waals surface area contributed by atoms with Gasteiger partial charge in [-0.05, 0) is 18.6 Å². The van der Waals surface area contributed by atoms with E-state index in [1.165, 1.54) is 0 Å². The van der Waals surface area contributed by atoms with Gasteiger partial charge in [-0.3, -0.25) is 9.59 Å². The maximum absolute atomic E-state index is 11.9. The van der Waals surface area contributed by atoms with Crippen molar-refractivity contribution < 1.29 is 19.1 Å². The van der Waals surface area contributed by atoms with Gasteiger partial charge < -0.3 is 14.4 Å². The maximum Gasteiger partial charge on any atom is 0.293 e. The smallest absolute Gasteiger partial charge is 0.293 e. The van der Waals surface area contributed by atoms with Crippen molar-refractivity contribution in [3.63, 3.8) is 0 Å². The SMILES string of the molecule is CCOC=O.COC1C=C(c2ccccc2)C(=O)N1C.